The van der Waals surface area contributed by atoms with Gasteiger partial charge >= 0.3 is 0 Å². The van der Waals surface area contributed by atoms with Crippen LogP contribution in [-0.2, 0) is 4.79 Å². The minimum atomic E-state index is -0.589. The molecule has 2 aliphatic heterocycles. The molecule has 1 aromatic carbocycles. The Bertz CT molecular complexity index is 714. The number of nitrogens with one attached hydrogen (secondary N) is 1. The van der Waals surface area contributed by atoms with Gasteiger partial charge in [0.15, 0.2) is 0 Å². The van der Waals surface area contributed by atoms with Crippen molar-refractivity contribution in [1.82, 2.24) is 15.1 Å². The Morgan fingerprint density at radius 1 is 1.10 bits per heavy atom. The van der Waals surface area contributed by atoms with E-state index in [2.05, 4.69) is 37.9 Å². The van der Waals surface area contributed by atoms with Crippen LogP contribution in [-0.4, -0.2) is 59.5 Å². The molecule has 166 valence electrons. The Morgan fingerprint density at radius 2 is 1.76 bits per heavy atom. The summed E-state index contributed by atoms with van der Waals surface area (Å²) in [6.07, 6.45) is 0. The molecule has 0 radical (unpaired) electrons. The van der Waals surface area contributed by atoms with Gasteiger partial charge in [0.2, 0.25) is 5.91 Å². The third-order valence-electron chi connectivity index (χ3n) is 6.00. The highest BCUT2D eigenvalue weighted by atomic mass is 35.5. The van der Waals surface area contributed by atoms with Gasteiger partial charge in [0.1, 0.15) is 11.6 Å². The number of amides is 1. The third-order valence-corrected chi connectivity index (χ3v) is 6.00. The van der Waals surface area contributed by atoms with Gasteiger partial charge in [-0.05, 0) is 46.2 Å². The van der Waals surface area contributed by atoms with Gasteiger partial charge < -0.3 is 10.2 Å². The van der Waals surface area contributed by atoms with Crippen LogP contribution in [0.25, 0.3) is 0 Å². The van der Waals surface area contributed by atoms with E-state index in [9.17, 15) is 13.6 Å². The van der Waals surface area contributed by atoms with E-state index in [0.717, 1.165) is 12.6 Å². The van der Waals surface area contributed by atoms with Crippen LogP contribution in [0.3, 0.4) is 0 Å². The Hall–Kier alpha value is -0.950. The summed E-state index contributed by atoms with van der Waals surface area (Å²) in [5, 5.41) is 3.39. The summed E-state index contributed by atoms with van der Waals surface area (Å²) >= 11 is 0. The minimum absolute atomic E-state index is 0. The maximum atomic E-state index is 14.6. The summed E-state index contributed by atoms with van der Waals surface area (Å²) in [4.78, 5) is 17.6. The van der Waals surface area contributed by atoms with Gasteiger partial charge in [-0.1, -0.05) is 6.07 Å². The lowest BCUT2D eigenvalue weighted by molar-refractivity contribution is -0.139. The summed E-state index contributed by atoms with van der Waals surface area (Å²) in [6.45, 7) is 13.0. The quantitative estimate of drug-likeness (QED) is 0.741. The molecular formula is C21H33Cl2F2N3O. The lowest BCUT2D eigenvalue weighted by Crippen LogP contribution is -2.58. The topological polar surface area (TPSA) is 35.6 Å². The van der Waals surface area contributed by atoms with Gasteiger partial charge in [0.25, 0.3) is 0 Å². The highest BCUT2D eigenvalue weighted by Crippen LogP contribution is 2.38. The van der Waals surface area contributed by atoms with Crippen molar-refractivity contribution in [2.45, 2.75) is 58.2 Å². The van der Waals surface area contributed by atoms with Crippen molar-refractivity contribution >= 4 is 30.7 Å². The first-order chi connectivity index (χ1) is 12.6. The summed E-state index contributed by atoms with van der Waals surface area (Å²) in [7, 11) is 0. The fraction of sp³-hybridized carbons (Fsp3) is 0.667. The minimum Gasteiger partial charge on any atom is -0.337 e. The van der Waals surface area contributed by atoms with Gasteiger partial charge in [-0.3, -0.25) is 9.69 Å². The van der Waals surface area contributed by atoms with Crippen LogP contribution in [0.1, 0.15) is 46.1 Å². The lowest BCUT2D eigenvalue weighted by Gasteiger charge is -2.39. The van der Waals surface area contributed by atoms with Gasteiger partial charge in [-0.2, -0.15) is 0 Å². The fourth-order valence-electron chi connectivity index (χ4n) is 4.26. The van der Waals surface area contributed by atoms with Crippen LogP contribution in [0.2, 0.25) is 0 Å². The van der Waals surface area contributed by atoms with Crippen LogP contribution >= 0.6 is 24.8 Å². The number of hydrogen-bond donors (Lipinski definition) is 1. The van der Waals surface area contributed by atoms with E-state index in [1.54, 1.807) is 0 Å². The largest absolute Gasteiger partial charge is 0.337 e. The number of halogens is 4. The monoisotopic (exact) mass is 451 g/mol. The Kier molecular flexibility index (Phi) is 8.91. The lowest BCUT2D eigenvalue weighted by atomic mass is 9.87. The molecule has 1 amide bonds. The first-order valence-electron chi connectivity index (χ1n) is 9.81. The van der Waals surface area contributed by atoms with Crippen molar-refractivity contribution < 1.29 is 13.6 Å². The zero-order valence-electron chi connectivity index (χ0n) is 17.7. The predicted molar refractivity (Wildman–Crippen MR) is 117 cm³/mol. The van der Waals surface area contributed by atoms with Crippen molar-refractivity contribution in [3.63, 3.8) is 0 Å². The number of hydrogen-bond acceptors (Lipinski definition) is 3. The molecule has 2 saturated heterocycles. The maximum absolute atomic E-state index is 14.6. The fourth-order valence-corrected chi connectivity index (χ4v) is 4.26. The van der Waals surface area contributed by atoms with Crippen LogP contribution in [0.5, 0.6) is 0 Å². The van der Waals surface area contributed by atoms with Crippen molar-refractivity contribution in [2.75, 3.05) is 26.2 Å². The van der Waals surface area contributed by atoms with Crippen molar-refractivity contribution in [1.29, 1.82) is 0 Å². The molecule has 0 aromatic heterocycles. The molecule has 1 N–H and O–H groups in total. The summed E-state index contributed by atoms with van der Waals surface area (Å²) in [5.41, 5.74) is 0.323. The van der Waals surface area contributed by atoms with Crippen LogP contribution in [0.15, 0.2) is 18.2 Å². The average Bonchev–Trinajstić information content (AvgIpc) is 3.01. The summed E-state index contributed by atoms with van der Waals surface area (Å²) in [5.74, 6) is -1.66. The zero-order chi connectivity index (χ0) is 19.9. The van der Waals surface area contributed by atoms with E-state index in [1.165, 1.54) is 12.1 Å². The smallest absolute Gasteiger partial charge is 0.227 e. The van der Waals surface area contributed by atoms with E-state index >= 15 is 0 Å². The Labute approximate surface area is 185 Å². The number of piperazine rings is 1. The zero-order valence-corrected chi connectivity index (χ0v) is 19.4. The number of rotatable bonds is 2. The molecule has 2 fully saturated rings. The van der Waals surface area contributed by atoms with E-state index in [1.807, 2.05) is 11.8 Å². The second-order valence-electron chi connectivity index (χ2n) is 9.10. The SMILES string of the molecule is C[C@@H]1CN(C(=O)[C@@H]2CN(C(C)(C)C)C[C@H]2c2ccc(F)cc2F)[C@@H](C)CN1.Cl.Cl. The third kappa shape index (κ3) is 5.60. The molecular weight excluding hydrogens is 419 g/mol. The van der Waals surface area contributed by atoms with E-state index in [-0.39, 0.29) is 60.2 Å². The molecule has 0 aliphatic carbocycles. The highest BCUT2D eigenvalue weighted by Gasteiger charge is 2.45. The molecule has 4 atom stereocenters. The molecule has 0 spiro atoms. The summed E-state index contributed by atoms with van der Waals surface area (Å²) in [6, 6.07) is 4.06. The maximum Gasteiger partial charge on any atom is 0.227 e. The number of nitrogens with zero attached hydrogens (tertiary/aromatic N) is 2. The van der Waals surface area contributed by atoms with Gasteiger partial charge in [-0.25, -0.2) is 8.78 Å². The Morgan fingerprint density at radius 3 is 2.34 bits per heavy atom. The van der Waals surface area contributed by atoms with E-state index in [4.69, 9.17) is 0 Å². The van der Waals surface area contributed by atoms with Crippen LogP contribution < -0.4 is 5.32 Å². The standard InChI is InChI=1S/C21H31F2N3O.2ClH/c1-13-10-26(14(2)9-24-13)20(27)18-12-25(21(3,4)5)11-17(18)16-7-6-15(22)8-19(16)23;;/h6-8,13-14,17-18,24H,9-12H2,1-5H3;2*1H/t13-,14+,17+,18-;;/m1../s1. The van der Waals surface area contributed by atoms with E-state index < -0.39 is 11.6 Å². The first kappa shape index (κ1) is 26.1. The molecule has 8 heteroatoms. The molecule has 0 saturated carbocycles. The van der Waals surface area contributed by atoms with Crippen molar-refractivity contribution in [2.24, 2.45) is 5.92 Å². The molecule has 2 aliphatic rings. The number of likely N-dealkylation sites (tertiary alicyclic amines) is 1. The molecule has 1 aromatic rings. The second-order valence-corrected chi connectivity index (χ2v) is 9.10. The van der Waals surface area contributed by atoms with Crippen LogP contribution in [0, 0.1) is 17.6 Å². The Balaban J connectivity index is 0.00000210. The van der Waals surface area contributed by atoms with Crippen molar-refractivity contribution in [3.05, 3.63) is 35.4 Å². The number of carbonyl (C=O) groups excluding carboxylic acids is 1. The first-order valence-corrected chi connectivity index (χ1v) is 9.81. The predicted octanol–water partition coefficient (Wildman–Crippen LogP) is 3.83. The van der Waals surface area contributed by atoms with Gasteiger partial charge in [0, 0.05) is 55.8 Å². The summed E-state index contributed by atoms with van der Waals surface area (Å²) < 4.78 is 28.0. The molecule has 0 bridgehead atoms. The van der Waals surface area contributed by atoms with Gasteiger partial charge in [0.05, 0.1) is 5.92 Å². The number of carbonyl (C=O) groups is 1. The highest BCUT2D eigenvalue weighted by molar-refractivity contribution is 5.85. The normalized spacial score (nSPS) is 27.9. The van der Waals surface area contributed by atoms with E-state index in [0.29, 0.717) is 25.2 Å². The molecule has 0 unspecified atom stereocenters. The van der Waals surface area contributed by atoms with Gasteiger partial charge in [-0.15, -0.1) is 24.8 Å². The molecule has 3 rings (SSSR count). The molecule has 4 nitrogen and oxygen atoms in total. The molecule has 2 heterocycles. The van der Waals surface area contributed by atoms with Crippen LogP contribution in [0.4, 0.5) is 8.78 Å². The van der Waals surface area contributed by atoms with Crippen molar-refractivity contribution in [3.8, 4) is 0 Å². The second kappa shape index (κ2) is 9.90. The average molecular weight is 452 g/mol. The molecule has 29 heavy (non-hydrogen) atoms. The number of benzene rings is 1.